The second kappa shape index (κ2) is 8.63. The maximum absolute atomic E-state index is 14.0. The smallest absolute Gasteiger partial charge is 0.314 e. The van der Waals surface area contributed by atoms with Gasteiger partial charge in [0, 0.05) is 32.7 Å². The third-order valence-corrected chi connectivity index (χ3v) is 5.32. The Labute approximate surface area is 150 Å². The Morgan fingerprint density at radius 3 is 2.44 bits per heavy atom. The average Bonchev–Trinajstić information content (AvgIpc) is 2.49. The van der Waals surface area contributed by atoms with Crippen molar-refractivity contribution in [2.24, 2.45) is 0 Å². The molecule has 0 spiro atoms. The van der Waals surface area contributed by atoms with Gasteiger partial charge in [-0.1, -0.05) is 12.1 Å². The van der Waals surface area contributed by atoms with E-state index in [4.69, 9.17) is 0 Å². The van der Waals surface area contributed by atoms with Gasteiger partial charge < -0.3 is 5.32 Å². The zero-order valence-corrected chi connectivity index (χ0v) is 15.1. The van der Waals surface area contributed by atoms with Crippen LogP contribution in [-0.4, -0.2) is 58.3 Å². The van der Waals surface area contributed by atoms with E-state index < -0.39 is 39.5 Å². The topological polar surface area (TPSA) is 61.4 Å². The van der Waals surface area contributed by atoms with E-state index >= 15 is 0 Å². The van der Waals surface area contributed by atoms with E-state index in [1.807, 2.05) is 4.72 Å². The Morgan fingerprint density at radius 1 is 1.28 bits per heavy atom. The molecular weight excluding hydrogens is 386 g/mol. The molecule has 0 radical (unpaired) electrons. The normalized spacial score (nSPS) is 17.8. The van der Waals surface area contributed by atoms with Gasteiger partial charge in [-0.15, -0.1) is 12.4 Å². The molecule has 5 nitrogen and oxygen atoms in total. The highest BCUT2D eigenvalue weighted by molar-refractivity contribution is 7.89. The molecule has 0 bridgehead atoms. The van der Waals surface area contributed by atoms with Gasteiger partial charge >= 0.3 is 6.18 Å². The van der Waals surface area contributed by atoms with Gasteiger partial charge in [-0.25, -0.2) is 17.5 Å². The number of nitrogens with one attached hydrogen (secondary N) is 2. The number of sulfonamides is 1. The van der Waals surface area contributed by atoms with Gasteiger partial charge in [0.15, 0.2) is 0 Å². The van der Waals surface area contributed by atoms with Crippen molar-refractivity contribution in [2.75, 3.05) is 32.7 Å². The predicted octanol–water partition coefficient (Wildman–Crippen LogP) is 1.67. The zero-order chi connectivity index (χ0) is 18.0. The molecule has 2 rings (SSSR count). The van der Waals surface area contributed by atoms with Crippen molar-refractivity contribution in [2.45, 2.75) is 24.0 Å². The van der Waals surface area contributed by atoms with Crippen molar-refractivity contribution >= 4 is 22.4 Å². The molecule has 0 amide bonds. The lowest BCUT2D eigenvalue weighted by Crippen LogP contribution is -2.57. The standard InChI is InChI=1S/C14H19F4N3O2S.ClH/c1-10-3-2-4-11(13(10)15)24(22,23)20-9-12(14(16,17)18)21-7-5-19-6-8-21;/h2-4,12,19-20H,5-9H2,1H3;1H. The number of nitrogens with zero attached hydrogens (tertiary/aromatic N) is 1. The summed E-state index contributed by atoms with van der Waals surface area (Å²) in [5.41, 5.74) is 0.104. The first-order valence-electron chi connectivity index (χ1n) is 7.39. The number of rotatable bonds is 5. The average molecular weight is 406 g/mol. The highest BCUT2D eigenvalue weighted by atomic mass is 35.5. The molecule has 1 aliphatic heterocycles. The summed E-state index contributed by atoms with van der Waals surface area (Å²) in [6.45, 7) is 1.62. The van der Waals surface area contributed by atoms with Crippen molar-refractivity contribution in [3.63, 3.8) is 0 Å². The SMILES string of the molecule is Cc1cccc(S(=O)(=O)NCC(N2CCNCC2)C(F)(F)F)c1F.Cl. The molecule has 1 fully saturated rings. The lowest BCUT2D eigenvalue weighted by molar-refractivity contribution is -0.182. The van der Waals surface area contributed by atoms with E-state index in [9.17, 15) is 26.0 Å². The Kier molecular flexibility index (Phi) is 7.63. The molecule has 1 unspecified atom stereocenters. The van der Waals surface area contributed by atoms with Crippen LogP contribution in [0.5, 0.6) is 0 Å². The quantitative estimate of drug-likeness (QED) is 0.732. The molecule has 11 heteroatoms. The van der Waals surface area contributed by atoms with Gasteiger partial charge in [0.25, 0.3) is 0 Å². The first kappa shape index (κ1) is 22.1. The number of aryl methyl sites for hydroxylation is 1. The number of alkyl halides is 3. The van der Waals surface area contributed by atoms with E-state index in [0.717, 1.165) is 6.07 Å². The zero-order valence-electron chi connectivity index (χ0n) is 13.4. The summed E-state index contributed by atoms with van der Waals surface area (Å²) in [6, 6.07) is 1.79. The summed E-state index contributed by atoms with van der Waals surface area (Å²) in [6.07, 6.45) is -4.59. The van der Waals surface area contributed by atoms with Gasteiger partial charge in [0.1, 0.15) is 16.8 Å². The molecule has 1 heterocycles. The Bertz CT molecular complexity index is 679. The van der Waals surface area contributed by atoms with Gasteiger partial charge in [-0.2, -0.15) is 13.2 Å². The van der Waals surface area contributed by atoms with E-state index in [1.165, 1.54) is 24.0 Å². The van der Waals surface area contributed by atoms with Crippen molar-refractivity contribution in [3.8, 4) is 0 Å². The van der Waals surface area contributed by atoms with Crippen LogP contribution in [0, 0.1) is 12.7 Å². The van der Waals surface area contributed by atoms with Crippen molar-refractivity contribution in [1.29, 1.82) is 0 Å². The molecule has 1 atom stereocenters. The van der Waals surface area contributed by atoms with E-state index in [0.29, 0.717) is 13.1 Å². The first-order valence-corrected chi connectivity index (χ1v) is 8.87. The molecule has 1 saturated heterocycles. The third-order valence-electron chi connectivity index (χ3n) is 3.88. The molecular formula is C14H20ClF4N3O2S. The fourth-order valence-electron chi connectivity index (χ4n) is 2.54. The molecule has 144 valence electrons. The molecule has 2 N–H and O–H groups in total. The summed E-state index contributed by atoms with van der Waals surface area (Å²) >= 11 is 0. The molecule has 0 aliphatic carbocycles. The van der Waals surface area contributed by atoms with Crippen LogP contribution < -0.4 is 10.0 Å². The fraction of sp³-hybridized carbons (Fsp3) is 0.571. The number of piperazine rings is 1. The first-order chi connectivity index (χ1) is 11.1. The van der Waals surface area contributed by atoms with E-state index in [2.05, 4.69) is 5.32 Å². The minimum atomic E-state index is -4.59. The van der Waals surface area contributed by atoms with Crippen LogP contribution in [0.15, 0.2) is 23.1 Å². The number of hydrogen-bond acceptors (Lipinski definition) is 4. The summed E-state index contributed by atoms with van der Waals surface area (Å²) < 4.78 is 80.0. The Morgan fingerprint density at radius 2 is 1.88 bits per heavy atom. The molecule has 1 aliphatic rings. The van der Waals surface area contributed by atoms with Gasteiger partial charge in [0.05, 0.1) is 0 Å². The lowest BCUT2D eigenvalue weighted by atomic mass is 10.2. The van der Waals surface area contributed by atoms with Gasteiger partial charge in [-0.05, 0) is 18.6 Å². The summed E-state index contributed by atoms with van der Waals surface area (Å²) in [5.74, 6) is -0.962. The highest BCUT2D eigenvalue weighted by Gasteiger charge is 2.44. The maximum atomic E-state index is 14.0. The highest BCUT2D eigenvalue weighted by Crippen LogP contribution is 2.25. The van der Waals surface area contributed by atoms with Crippen molar-refractivity contribution < 1.29 is 26.0 Å². The fourth-order valence-corrected chi connectivity index (χ4v) is 3.73. The van der Waals surface area contributed by atoms with Crippen molar-refractivity contribution in [1.82, 2.24) is 14.9 Å². The van der Waals surface area contributed by atoms with Crippen LogP contribution in [0.25, 0.3) is 0 Å². The molecule has 1 aromatic carbocycles. The third kappa shape index (κ3) is 5.52. The van der Waals surface area contributed by atoms with Crippen LogP contribution in [0.3, 0.4) is 0 Å². The van der Waals surface area contributed by atoms with Crippen LogP contribution in [0.1, 0.15) is 5.56 Å². The summed E-state index contributed by atoms with van der Waals surface area (Å²) in [7, 11) is -4.37. The monoisotopic (exact) mass is 405 g/mol. The second-order valence-electron chi connectivity index (χ2n) is 5.58. The number of hydrogen-bond donors (Lipinski definition) is 2. The van der Waals surface area contributed by atoms with Crippen LogP contribution in [-0.2, 0) is 10.0 Å². The minimum Gasteiger partial charge on any atom is -0.314 e. The number of benzene rings is 1. The van der Waals surface area contributed by atoms with Gasteiger partial charge in [0.2, 0.25) is 10.0 Å². The summed E-state index contributed by atoms with van der Waals surface area (Å²) in [5, 5.41) is 2.94. The predicted molar refractivity (Wildman–Crippen MR) is 87.9 cm³/mol. The largest absolute Gasteiger partial charge is 0.405 e. The molecule has 0 saturated carbocycles. The Hall–Kier alpha value is -0.940. The lowest BCUT2D eigenvalue weighted by Gasteiger charge is -2.35. The maximum Gasteiger partial charge on any atom is 0.405 e. The molecule has 25 heavy (non-hydrogen) atoms. The number of halogens is 5. The van der Waals surface area contributed by atoms with Crippen molar-refractivity contribution in [3.05, 3.63) is 29.6 Å². The Balaban J connectivity index is 0.00000312. The van der Waals surface area contributed by atoms with Crippen LogP contribution in [0.2, 0.25) is 0 Å². The van der Waals surface area contributed by atoms with E-state index in [-0.39, 0.29) is 31.1 Å². The van der Waals surface area contributed by atoms with Crippen LogP contribution >= 0.6 is 12.4 Å². The van der Waals surface area contributed by atoms with Crippen LogP contribution in [0.4, 0.5) is 17.6 Å². The molecule has 1 aromatic rings. The van der Waals surface area contributed by atoms with E-state index in [1.54, 1.807) is 0 Å². The molecule has 0 aromatic heterocycles. The summed E-state index contributed by atoms with van der Waals surface area (Å²) in [4.78, 5) is 0.523. The van der Waals surface area contributed by atoms with Gasteiger partial charge in [-0.3, -0.25) is 4.90 Å². The minimum absolute atomic E-state index is 0. The second-order valence-corrected chi connectivity index (χ2v) is 7.32.